The van der Waals surface area contributed by atoms with E-state index in [1.165, 1.54) is 13.5 Å². The summed E-state index contributed by atoms with van der Waals surface area (Å²) in [6.07, 6.45) is 4.86. The van der Waals surface area contributed by atoms with E-state index in [1.807, 2.05) is 0 Å². The second-order valence-electron chi connectivity index (χ2n) is 4.00. The summed E-state index contributed by atoms with van der Waals surface area (Å²) in [5.74, 6) is 0.503. The first-order valence-electron chi connectivity index (χ1n) is 4.99. The van der Waals surface area contributed by atoms with Gasteiger partial charge in [0.25, 0.3) is 0 Å². The number of methoxy groups -OCH3 is 1. The summed E-state index contributed by atoms with van der Waals surface area (Å²) in [5.41, 5.74) is 5.26. The van der Waals surface area contributed by atoms with E-state index in [1.54, 1.807) is 0 Å². The normalized spacial score (nSPS) is 34.2. The third-order valence-corrected chi connectivity index (χ3v) is 3.17. The second-order valence-corrected chi connectivity index (χ2v) is 4.00. The topological polar surface area (TPSA) is 52.3 Å². The number of hydrogen-bond acceptors (Lipinski definition) is 3. The van der Waals surface area contributed by atoms with Crippen LogP contribution < -0.4 is 5.73 Å². The lowest BCUT2D eigenvalue weighted by Gasteiger charge is -2.34. The Bertz CT molecular complexity index is 183. The Kier molecular flexibility index (Phi) is 3.31. The Hall–Kier alpha value is -0.570. The number of ether oxygens (including phenoxy) is 1. The number of carbonyl (C=O) groups excluding carboxylic acids is 1. The second kappa shape index (κ2) is 4.09. The van der Waals surface area contributed by atoms with Gasteiger partial charge in [0.2, 0.25) is 0 Å². The Morgan fingerprint density at radius 3 is 2.46 bits per heavy atom. The van der Waals surface area contributed by atoms with Gasteiger partial charge < -0.3 is 10.5 Å². The van der Waals surface area contributed by atoms with E-state index in [-0.39, 0.29) is 5.97 Å². The van der Waals surface area contributed by atoms with Crippen molar-refractivity contribution in [2.45, 2.75) is 44.6 Å². The van der Waals surface area contributed by atoms with Crippen LogP contribution in [0.25, 0.3) is 0 Å². The van der Waals surface area contributed by atoms with Crippen LogP contribution in [-0.4, -0.2) is 18.6 Å². The Balaban J connectivity index is 2.51. The van der Waals surface area contributed by atoms with Gasteiger partial charge in [-0.1, -0.05) is 13.3 Å². The SMILES string of the molecule is CC[C@H]1CC[C@](N)(C(=O)OC)CC1. The van der Waals surface area contributed by atoms with E-state index in [0.717, 1.165) is 31.6 Å². The summed E-state index contributed by atoms with van der Waals surface area (Å²) in [4.78, 5) is 11.3. The van der Waals surface area contributed by atoms with E-state index >= 15 is 0 Å². The molecule has 3 heteroatoms. The summed E-state index contributed by atoms with van der Waals surface area (Å²) < 4.78 is 4.70. The largest absolute Gasteiger partial charge is 0.468 e. The molecule has 0 saturated heterocycles. The van der Waals surface area contributed by atoms with E-state index in [4.69, 9.17) is 10.5 Å². The first-order chi connectivity index (χ1) is 6.12. The molecule has 1 rings (SSSR count). The van der Waals surface area contributed by atoms with Crippen LogP contribution in [0.5, 0.6) is 0 Å². The first-order valence-corrected chi connectivity index (χ1v) is 4.99. The van der Waals surface area contributed by atoms with Gasteiger partial charge in [0.1, 0.15) is 5.54 Å². The van der Waals surface area contributed by atoms with Crippen LogP contribution in [0.3, 0.4) is 0 Å². The molecule has 1 aliphatic carbocycles. The highest BCUT2D eigenvalue weighted by Gasteiger charge is 2.38. The Morgan fingerprint density at radius 2 is 2.08 bits per heavy atom. The van der Waals surface area contributed by atoms with Gasteiger partial charge in [0.15, 0.2) is 0 Å². The molecule has 3 nitrogen and oxygen atoms in total. The third-order valence-electron chi connectivity index (χ3n) is 3.17. The predicted molar refractivity (Wildman–Crippen MR) is 51.2 cm³/mol. The summed E-state index contributed by atoms with van der Waals surface area (Å²) >= 11 is 0. The van der Waals surface area contributed by atoms with Crippen LogP contribution in [0.2, 0.25) is 0 Å². The molecule has 0 amide bonds. The predicted octanol–water partition coefficient (Wildman–Crippen LogP) is 1.46. The lowest BCUT2D eigenvalue weighted by atomic mass is 9.76. The van der Waals surface area contributed by atoms with Crippen molar-refractivity contribution in [3.05, 3.63) is 0 Å². The number of carbonyl (C=O) groups is 1. The minimum absolute atomic E-state index is 0.248. The van der Waals surface area contributed by atoms with Crippen molar-refractivity contribution >= 4 is 5.97 Å². The van der Waals surface area contributed by atoms with Crippen molar-refractivity contribution in [2.24, 2.45) is 11.7 Å². The summed E-state index contributed by atoms with van der Waals surface area (Å²) in [6, 6.07) is 0. The van der Waals surface area contributed by atoms with Gasteiger partial charge in [-0.3, -0.25) is 4.79 Å². The lowest BCUT2D eigenvalue weighted by Crippen LogP contribution is -2.51. The average Bonchev–Trinajstić information content (AvgIpc) is 2.18. The van der Waals surface area contributed by atoms with Gasteiger partial charge in [0, 0.05) is 0 Å². The molecule has 2 N–H and O–H groups in total. The molecule has 0 aromatic rings. The summed E-state index contributed by atoms with van der Waals surface area (Å²) in [7, 11) is 1.41. The molecule has 0 heterocycles. The molecular weight excluding hydrogens is 166 g/mol. The zero-order valence-corrected chi connectivity index (χ0v) is 8.51. The van der Waals surface area contributed by atoms with E-state index in [9.17, 15) is 4.79 Å². The number of rotatable bonds is 2. The first kappa shape index (κ1) is 10.5. The van der Waals surface area contributed by atoms with Gasteiger partial charge in [-0.15, -0.1) is 0 Å². The molecular formula is C10H19NO2. The average molecular weight is 185 g/mol. The summed E-state index contributed by atoms with van der Waals surface area (Å²) in [5, 5.41) is 0. The van der Waals surface area contributed by atoms with E-state index in [0.29, 0.717) is 0 Å². The molecule has 0 bridgehead atoms. The molecule has 0 aromatic heterocycles. The van der Waals surface area contributed by atoms with Gasteiger partial charge in [-0.05, 0) is 31.6 Å². The van der Waals surface area contributed by atoms with Crippen LogP contribution in [-0.2, 0) is 9.53 Å². The highest BCUT2D eigenvalue weighted by Crippen LogP contribution is 2.32. The van der Waals surface area contributed by atoms with Gasteiger partial charge in [0.05, 0.1) is 7.11 Å². The monoisotopic (exact) mass is 185 g/mol. The highest BCUT2D eigenvalue weighted by molar-refractivity contribution is 5.80. The molecule has 0 aromatic carbocycles. The van der Waals surface area contributed by atoms with Crippen molar-refractivity contribution in [1.82, 2.24) is 0 Å². The molecule has 0 atom stereocenters. The van der Waals surface area contributed by atoms with Gasteiger partial charge in [-0.25, -0.2) is 0 Å². The Morgan fingerprint density at radius 1 is 1.54 bits per heavy atom. The quantitative estimate of drug-likeness (QED) is 0.662. The van der Waals surface area contributed by atoms with E-state index < -0.39 is 5.54 Å². The van der Waals surface area contributed by atoms with Crippen molar-refractivity contribution < 1.29 is 9.53 Å². The molecule has 13 heavy (non-hydrogen) atoms. The Labute approximate surface area is 79.6 Å². The fourth-order valence-electron chi connectivity index (χ4n) is 2.01. The molecule has 0 radical (unpaired) electrons. The van der Waals surface area contributed by atoms with Crippen LogP contribution in [0.15, 0.2) is 0 Å². The third kappa shape index (κ3) is 2.21. The van der Waals surface area contributed by atoms with Crippen LogP contribution in [0.1, 0.15) is 39.0 Å². The minimum Gasteiger partial charge on any atom is -0.468 e. The maximum atomic E-state index is 11.3. The maximum absolute atomic E-state index is 11.3. The van der Waals surface area contributed by atoms with Crippen molar-refractivity contribution in [3.63, 3.8) is 0 Å². The smallest absolute Gasteiger partial charge is 0.325 e. The molecule has 1 aliphatic rings. The van der Waals surface area contributed by atoms with Crippen LogP contribution in [0, 0.1) is 5.92 Å². The number of esters is 1. The van der Waals surface area contributed by atoms with Crippen LogP contribution in [0.4, 0.5) is 0 Å². The van der Waals surface area contributed by atoms with Crippen LogP contribution >= 0.6 is 0 Å². The molecule has 1 fully saturated rings. The van der Waals surface area contributed by atoms with Crippen molar-refractivity contribution in [3.8, 4) is 0 Å². The standard InChI is InChI=1S/C10H19NO2/c1-3-8-4-6-10(11,7-5-8)9(12)13-2/h8H,3-7,11H2,1-2H3/t8-,10+. The van der Waals surface area contributed by atoms with Crippen molar-refractivity contribution in [1.29, 1.82) is 0 Å². The zero-order chi connectivity index (χ0) is 9.90. The molecule has 76 valence electrons. The fourth-order valence-corrected chi connectivity index (χ4v) is 2.01. The fraction of sp³-hybridized carbons (Fsp3) is 0.900. The molecule has 0 aliphatic heterocycles. The number of hydrogen-bond donors (Lipinski definition) is 1. The maximum Gasteiger partial charge on any atom is 0.325 e. The highest BCUT2D eigenvalue weighted by atomic mass is 16.5. The van der Waals surface area contributed by atoms with E-state index in [2.05, 4.69) is 6.92 Å². The summed E-state index contributed by atoms with van der Waals surface area (Å²) in [6.45, 7) is 2.19. The van der Waals surface area contributed by atoms with Crippen molar-refractivity contribution in [2.75, 3.05) is 7.11 Å². The molecule has 1 saturated carbocycles. The molecule has 0 spiro atoms. The molecule has 0 unspecified atom stereocenters. The lowest BCUT2D eigenvalue weighted by molar-refractivity contribution is -0.148. The zero-order valence-electron chi connectivity index (χ0n) is 8.51. The number of nitrogens with two attached hydrogens (primary N) is 1. The van der Waals surface area contributed by atoms with Gasteiger partial charge >= 0.3 is 5.97 Å². The van der Waals surface area contributed by atoms with Gasteiger partial charge in [-0.2, -0.15) is 0 Å². The minimum atomic E-state index is -0.694.